The van der Waals surface area contributed by atoms with Gasteiger partial charge in [-0.2, -0.15) is 0 Å². The Hall–Kier alpha value is -1.62. The van der Waals surface area contributed by atoms with Crippen LogP contribution in [-0.2, 0) is 4.74 Å². The number of amides is 1. The summed E-state index contributed by atoms with van der Waals surface area (Å²) in [5.74, 6) is 0.663. The number of aromatic nitrogens is 1. The van der Waals surface area contributed by atoms with Crippen molar-refractivity contribution in [3.8, 4) is 0 Å². The predicted octanol–water partition coefficient (Wildman–Crippen LogP) is 3.50. The van der Waals surface area contributed by atoms with Crippen LogP contribution in [0.1, 0.15) is 72.1 Å². The van der Waals surface area contributed by atoms with E-state index in [2.05, 4.69) is 18.8 Å². The minimum absolute atomic E-state index is 0.00547. The summed E-state index contributed by atoms with van der Waals surface area (Å²) < 4.78 is 5.82. The normalized spacial score (nSPS) is 18.2. The van der Waals surface area contributed by atoms with Crippen molar-refractivity contribution in [1.29, 1.82) is 0 Å². The summed E-state index contributed by atoms with van der Waals surface area (Å²) in [5.41, 5.74) is 2.71. The number of carbonyl (C=O) groups excluding carboxylic acids is 2. The second-order valence-electron chi connectivity index (χ2n) is 7.25. The standard InChI is InChI=1S/C19H30N2O3/c1-12(2)7-6-8-16-11-21(9-10-24-16)19(23)17-13(3)18(15(5)22)20-14(17)4/h12,16,20H,6-11H2,1-5H3. The first-order chi connectivity index (χ1) is 11.3. The fourth-order valence-electron chi connectivity index (χ4n) is 3.41. The summed E-state index contributed by atoms with van der Waals surface area (Å²) in [7, 11) is 0. The first-order valence-electron chi connectivity index (χ1n) is 8.92. The molecule has 1 aliphatic rings. The summed E-state index contributed by atoms with van der Waals surface area (Å²) >= 11 is 0. The molecule has 1 N–H and O–H groups in total. The Morgan fingerprint density at radius 3 is 2.62 bits per heavy atom. The van der Waals surface area contributed by atoms with Crippen molar-refractivity contribution in [2.24, 2.45) is 5.92 Å². The van der Waals surface area contributed by atoms with Crippen molar-refractivity contribution < 1.29 is 14.3 Å². The molecule has 0 aromatic carbocycles. The third kappa shape index (κ3) is 4.26. The molecule has 1 unspecified atom stereocenters. The van der Waals surface area contributed by atoms with Crippen LogP contribution in [0, 0.1) is 19.8 Å². The molecule has 2 heterocycles. The van der Waals surface area contributed by atoms with E-state index < -0.39 is 0 Å². The second kappa shape index (κ2) is 7.97. The summed E-state index contributed by atoms with van der Waals surface area (Å²) in [6.07, 6.45) is 3.42. The van der Waals surface area contributed by atoms with E-state index in [0.717, 1.165) is 24.1 Å². The maximum absolute atomic E-state index is 12.9. The van der Waals surface area contributed by atoms with Crippen LogP contribution in [-0.4, -0.2) is 47.4 Å². The molecule has 0 spiro atoms. The quantitative estimate of drug-likeness (QED) is 0.810. The molecular formula is C19H30N2O3. The highest BCUT2D eigenvalue weighted by atomic mass is 16.5. The molecular weight excluding hydrogens is 304 g/mol. The Labute approximate surface area is 144 Å². The molecule has 1 aromatic heterocycles. The average Bonchev–Trinajstić information content (AvgIpc) is 2.81. The first-order valence-corrected chi connectivity index (χ1v) is 8.92. The molecule has 0 radical (unpaired) electrons. The molecule has 1 aliphatic heterocycles. The predicted molar refractivity (Wildman–Crippen MR) is 94.6 cm³/mol. The fourth-order valence-corrected chi connectivity index (χ4v) is 3.41. The number of rotatable bonds is 6. The maximum atomic E-state index is 12.9. The number of hydrogen-bond donors (Lipinski definition) is 1. The van der Waals surface area contributed by atoms with Gasteiger partial charge in [-0.15, -0.1) is 0 Å². The zero-order chi connectivity index (χ0) is 17.9. The number of hydrogen-bond acceptors (Lipinski definition) is 3. The smallest absolute Gasteiger partial charge is 0.256 e. The number of Topliss-reactive ketones (excluding diaryl/α,β-unsaturated/α-hetero) is 1. The summed E-state index contributed by atoms with van der Waals surface area (Å²) in [6, 6.07) is 0. The molecule has 1 fully saturated rings. The van der Waals surface area contributed by atoms with Crippen molar-refractivity contribution in [3.05, 3.63) is 22.5 Å². The Morgan fingerprint density at radius 1 is 1.33 bits per heavy atom. The summed E-state index contributed by atoms with van der Waals surface area (Å²) in [4.78, 5) is 29.6. The molecule has 24 heavy (non-hydrogen) atoms. The van der Waals surface area contributed by atoms with Crippen molar-refractivity contribution in [3.63, 3.8) is 0 Å². The van der Waals surface area contributed by atoms with Crippen LogP contribution < -0.4 is 0 Å². The number of aryl methyl sites for hydroxylation is 1. The lowest BCUT2D eigenvalue weighted by Crippen LogP contribution is -2.45. The van der Waals surface area contributed by atoms with Crippen molar-refractivity contribution in [2.75, 3.05) is 19.7 Å². The lowest BCUT2D eigenvalue weighted by molar-refractivity contribution is -0.0260. The Balaban J connectivity index is 2.05. The molecule has 1 amide bonds. The van der Waals surface area contributed by atoms with Crippen LogP contribution in [0.2, 0.25) is 0 Å². The van der Waals surface area contributed by atoms with E-state index in [0.29, 0.717) is 36.9 Å². The molecule has 0 bridgehead atoms. The van der Waals surface area contributed by atoms with E-state index in [4.69, 9.17) is 4.74 Å². The largest absolute Gasteiger partial charge is 0.375 e. The summed E-state index contributed by atoms with van der Waals surface area (Å²) in [5, 5.41) is 0. The minimum atomic E-state index is -0.0387. The van der Waals surface area contributed by atoms with Gasteiger partial charge in [-0.05, 0) is 31.7 Å². The molecule has 134 valence electrons. The Bertz CT molecular complexity index is 604. The molecule has 5 nitrogen and oxygen atoms in total. The van der Waals surface area contributed by atoms with Gasteiger partial charge in [-0.25, -0.2) is 0 Å². The molecule has 0 saturated carbocycles. The van der Waals surface area contributed by atoms with Crippen LogP contribution in [0.3, 0.4) is 0 Å². The molecule has 2 rings (SSSR count). The minimum Gasteiger partial charge on any atom is -0.375 e. The van der Waals surface area contributed by atoms with Gasteiger partial charge >= 0.3 is 0 Å². The topological polar surface area (TPSA) is 62.4 Å². The van der Waals surface area contributed by atoms with Crippen LogP contribution in [0.25, 0.3) is 0 Å². The highest BCUT2D eigenvalue weighted by Gasteiger charge is 2.28. The van der Waals surface area contributed by atoms with Gasteiger partial charge < -0.3 is 14.6 Å². The number of ketones is 1. The third-order valence-corrected chi connectivity index (χ3v) is 4.74. The number of nitrogens with one attached hydrogen (secondary N) is 1. The number of nitrogens with zero attached hydrogens (tertiary/aromatic N) is 1. The molecule has 1 saturated heterocycles. The number of ether oxygens (including phenoxy) is 1. The number of carbonyl (C=O) groups is 2. The van der Waals surface area contributed by atoms with Gasteiger partial charge in [0.1, 0.15) is 0 Å². The molecule has 1 aromatic rings. The fraction of sp³-hybridized carbons (Fsp3) is 0.684. The van der Waals surface area contributed by atoms with Gasteiger partial charge in [0.25, 0.3) is 5.91 Å². The lowest BCUT2D eigenvalue weighted by atomic mass is 10.0. The van der Waals surface area contributed by atoms with Crippen LogP contribution in [0.4, 0.5) is 0 Å². The van der Waals surface area contributed by atoms with E-state index in [9.17, 15) is 9.59 Å². The Morgan fingerprint density at radius 2 is 2.04 bits per heavy atom. The zero-order valence-corrected chi connectivity index (χ0v) is 15.6. The first kappa shape index (κ1) is 18.7. The van der Waals surface area contributed by atoms with Crippen LogP contribution >= 0.6 is 0 Å². The van der Waals surface area contributed by atoms with Gasteiger partial charge in [0, 0.05) is 25.7 Å². The van der Waals surface area contributed by atoms with Gasteiger partial charge in [0.05, 0.1) is 24.0 Å². The summed E-state index contributed by atoms with van der Waals surface area (Å²) in [6.45, 7) is 11.5. The number of aromatic amines is 1. The van der Waals surface area contributed by atoms with E-state index in [1.54, 1.807) is 0 Å². The Kier molecular flexibility index (Phi) is 6.21. The number of H-pyrrole nitrogens is 1. The highest BCUT2D eigenvalue weighted by molar-refractivity contribution is 6.02. The van der Waals surface area contributed by atoms with Crippen molar-refractivity contribution in [2.45, 2.75) is 60.0 Å². The van der Waals surface area contributed by atoms with Gasteiger partial charge in [0.15, 0.2) is 5.78 Å². The maximum Gasteiger partial charge on any atom is 0.256 e. The third-order valence-electron chi connectivity index (χ3n) is 4.74. The highest BCUT2D eigenvalue weighted by Crippen LogP contribution is 2.22. The molecule has 1 atom stereocenters. The monoisotopic (exact) mass is 334 g/mol. The van der Waals surface area contributed by atoms with E-state index in [1.807, 2.05) is 18.7 Å². The van der Waals surface area contributed by atoms with Gasteiger partial charge in [0.2, 0.25) is 0 Å². The van der Waals surface area contributed by atoms with Crippen molar-refractivity contribution in [1.82, 2.24) is 9.88 Å². The second-order valence-corrected chi connectivity index (χ2v) is 7.25. The van der Waals surface area contributed by atoms with Gasteiger partial charge in [-0.1, -0.05) is 26.7 Å². The van der Waals surface area contributed by atoms with E-state index in [-0.39, 0.29) is 17.8 Å². The SMILES string of the molecule is CC(=O)c1[nH]c(C)c(C(=O)N2CCOC(CCCC(C)C)C2)c1C. The van der Waals surface area contributed by atoms with Crippen LogP contribution in [0.5, 0.6) is 0 Å². The van der Waals surface area contributed by atoms with E-state index >= 15 is 0 Å². The zero-order valence-electron chi connectivity index (χ0n) is 15.6. The average molecular weight is 334 g/mol. The molecule has 5 heteroatoms. The lowest BCUT2D eigenvalue weighted by Gasteiger charge is -2.33. The van der Waals surface area contributed by atoms with Crippen molar-refractivity contribution >= 4 is 11.7 Å². The molecule has 0 aliphatic carbocycles. The van der Waals surface area contributed by atoms with Crippen LogP contribution in [0.15, 0.2) is 0 Å². The number of morpholine rings is 1. The van der Waals surface area contributed by atoms with E-state index in [1.165, 1.54) is 13.3 Å². The van der Waals surface area contributed by atoms with Gasteiger partial charge in [-0.3, -0.25) is 9.59 Å².